The molecule has 0 unspecified atom stereocenters. The highest BCUT2D eigenvalue weighted by molar-refractivity contribution is 5.74. The van der Waals surface area contributed by atoms with Crippen molar-refractivity contribution in [2.24, 2.45) is 0 Å². The van der Waals surface area contributed by atoms with Crippen LogP contribution in [0, 0.1) is 0 Å². The van der Waals surface area contributed by atoms with E-state index in [1.54, 1.807) is 0 Å². The fourth-order valence-corrected chi connectivity index (χ4v) is 3.59. The zero-order chi connectivity index (χ0) is 24.4. The van der Waals surface area contributed by atoms with Gasteiger partial charge in [-0.1, -0.05) is 66.2 Å². The van der Waals surface area contributed by atoms with Crippen LogP contribution in [0.1, 0.15) is 91.9 Å². The van der Waals surface area contributed by atoms with Gasteiger partial charge in [0.1, 0.15) is 23.0 Å². The smallest absolute Gasteiger partial charge is 0.130 e. The summed E-state index contributed by atoms with van der Waals surface area (Å²) in [4.78, 5) is 0. The van der Waals surface area contributed by atoms with Gasteiger partial charge in [0, 0.05) is 17.7 Å². The first-order valence-corrected chi connectivity index (χ1v) is 13.5. The average molecular weight is 471 g/mol. The van der Waals surface area contributed by atoms with Gasteiger partial charge in [0.25, 0.3) is 0 Å². The quantitative estimate of drug-likeness (QED) is 0.192. The van der Waals surface area contributed by atoms with E-state index < -0.39 is 0 Å². The second kappa shape index (κ2) is 17.1. The maximum atomic E-state index is 6.22. The summed E-state index contributed by atoms with van der Waals surface area (Å²) >= 11 is 0. The second-order valence-electron chi connectivity index (χ2n) is 8.87. The minimum absolute atomic E-state index is 0.690. The topological polar surface area (TPSA) is 36.9 Å². The first kappa shape index (κ1) is 27.9. The molecule has 0 saturated heterocycles. The van der Waals surface area contributed by atoms with Gasteiger partial charge in [-0.05, 0) is 55.5 Å². The summed E-state index contributed by atoms with van der Waals surface area (Å²) in [6.07, 6.45) is 11.1. The Morgan fingerprint density at radius 2 is 0.971 bits per heavy atom. The van der Waals surface area contributed by atoms with Crippen LogP contribution in [0.5, 0.6) is 23.0 Å². The van der Waals surface area contributed by atoms with Crippen LogP contribution in [0.25, 0.3) is 11.1 Å². The van der Waals surface area contributed by atoms with Crippen LogP contribution >= 0.6 is 0 Å². The molecule has 2 rings (SSSR count). The number of rotatable bonds is 19. The fourth-order valence-electron chi connectivity index (χ4n) is 3.59. The van der Waals surface area contributed by atoms with Crippen molar-refractivity contribution in [3.05, 3.63) is 36.4 Å². The summed E-state index contributed by atoms with van der Waals surface area (Å²) in [6, 6.07) is 12.4. The molecule has 190 valence electrons. The van der Waals surface area contributed by atoms with Gasteiger partial charge in [-0.2, -0.15) is 0 Å². The molecule has 0 aromatic heterocycles. The maximum absolute atomic E-state index is 6.22. The molecule has 0 spiro atoms. The molecule has 0 radical (unpaired) electrons. The van der Waals surface area contributed by atoms with Crippen molar-refractivity contribution in [3.63, 3.8) is 0 Å². The van der Waals surface area contributed by atoms with E-state index in [2.05, 4.69) is 45.9 Å². The van der Waals surface area contributed by atoms with Crippen molar-refractivity contribution in [3.8, 4) is 34.1 Å². The summed E-state index contributed by atoms with van der Waals surface area (Å²) in [6.45, 7) is 11.6. The molecule has 2 aromatic rings. The molecule has 0 heterocycles. The van der Waals surface area contributed by atoms with Crippen molar-refractivity contribution < 1.29 is 18.9 Å². The first-order chi connectivity index (χ1) is 16.7. The van der Waals surface area contributed by atoms with E-state index in [4.69, 9.17) is 18.9 Å². The van der Waals surface area contributed by atoms with Crippen LogP contribution in [0.4, 0.5) is 0 Å². The van der Waals surface area contributed by atoms with Gasteiger partial charge < -0.3 is 18.9 Å². The molecule has 0 aliphatic carbocycles. The molecule has 4 nitrogen and oxygen atoms in total. The number of benzene rings is 2. The van der Waals surface area contributed by atoms with Gasteiger partial charge in [-0.15, -0.1) is 0 Å². The summed E-state index contributed by atoms with van der Waals surface area (Å²) < 4.78 is 24.4. The highest BCUT2D eigenvalue weighted by Crippen LogP contribution is 2.38. The maximum Gasteiger partial charge on any atom is 0.130 e. The molecule has 0 aliphatic rings. The van der Waals surface area contributed by atoms with E-state index in [-0.39, 0.29) is 0 Å². The zero-order valence-electron chi connectivity index (χ0n) is 22.0. The molecule has 0 amide bonds. The van der Waals surface area contributed by atoms with Crippen molar-refractivity contribution in [1.82, 2.24) is 0 Å². The van der Waals surface area contributed by atoms with Gasteiger partial charge in [-0.25, -0.2) is 0 Å². The summed E-state index contributed by atoms with van der Waals surface area (Å²) in [5.41, 5.74) is 2.08. The highest BCUT2D eigenvalue weighted by atomic mass is 16.5. The zero-order valence-corrected chi connectivity index (χ0v) is 22.0. The standard InChI is InChI=1S/C30H46O4/c1-5-9-13-19-32-27-21-25(22-28(23-27)33-20-14-10-6-2)29-16-15-26(31-17-11-7-3)24-30(29)34-18-12-8-4/h15-16,21-24H,5-14,17-20H2,1-4H3. The van der Waals surface area contributed by atoms with Crippen molar-refractivity contribution >= 4 is 0 Å². The van der Waals surface area contributed by atoms with Crippen LogP contribution in [0.2, 0.25) is 0 Å². The Labute approximate surface area is 208 Å². The summed E-state index contributed by atoms with van der Waals surface area (Å²) in [7, 11) is 0. The first-order valence-electron chi connectivity index (χ1n) is 13.5. The minimum atomic E-state index is 0.690. The van der Waals surface area contributed by atoms with Crippen molar-refractivity contribution in [2.75, 3.05) is 26.4 Å². The third kappa shape index (κ3) is 10.3. The van der Waals surface area contributed by atoms with Gasteiger partial charge in [-0.3, -0.25) is 0 Å². The van der Waals surface area contributed by atoms with Crippen LogP contribution in [-0.2, 0) is 0 Å². The van der Waals surface area contributed by atoms with E-state index >= 15 is 0 Å². The number of ether oxygens (including phenoxy) is 4. The van der Waals surface area contributed by atoms with Crippen LogP contribution < -0.4 is 18.9 Å². The molecule has 0 bridgehead atoms. The predicted octanol–water partition coefficient (Wildman–Crippen LogP) is 8.85. The Hall–Kier alpha value is -2.36. The second-order valence-corrected chi connectivity index (χ2v) is 8.87. The Morgan fingerprint density at radius 3 is 1.53 bits per heavy atom. The Morgan fingerprint density at radius 1 is 0.471 bits per heavy atom. The minimum Gasteiger partial charge on any atom is -0.493 e. The Balaban J connectivity index is 2.31. The molecule has 0 saturated carbocycles. The lowest BCUT2D eigenvalue weighted by atomic mass is 10.0. The van der Waals surface area contributed by atoms with Crippen LogP contribution in [0.3, 0.4) is 0 Å². The third-order valence-electron chi connectivity index (χ3n) is 5.70. The molecule has 0 fully saturated rings. The number of unbranched alkanes of at least 4 members (excludes halogenated alkanes) is 6. The monoisotopic (exact) mass is 470 g/mol. The van der Waals surface area contributed by atoms with E-state index in [1.165, 1.54) is 25.7 Å². The SMILES string of the molecule is CCCCCOc1cc(OCCCCC)cc(-c2ccc(OCCCC)cc2OCCCC)c1. The van der Waals surface area contributed by atoms with Crippen molar-refractivity contribution in [2.45, 2.75) is 91.9 Å². The lowest BCUT2D eigenvalue weighted by Gasteiger charge is -2.16. The Kier molecular flexibility index (Phi) is 14.0. The van der Waals surface area contributed by atoms with Crippen LogP contribution in [0.15, 0.2) is 36.4 Å². The van der Waals surface area contributed by atoms with E-state index in [1.807, 2.05) is 18.2 Å². The molecule has 34 heavy (non-hydrogen) atoms. The van der Waals surface area contributed by atoms with Gasteiger partial charge >= 0.3 is 0 Å². The van der Waals surface area contributed by atoms with Gasteiger partial charge in [0.05, 0.1) is 26.4 Å². The lowest BCUT2D eigenvalue weighted by Crippen LogP contribution is -2.02. The predicted molar refractivity (Wildman–Crippen MR) is 143 cm³/mol. The van der Waals surface area contributed by atoms with Crippen molar-refractivity contribution in [1.29, 1.82) is 0 Å². The van der Waals surface area contributed by atoms with Crippen LogP contribution in [-0.4, -0.2) is 26.4 Å². The Bertz CT molecular complexity index is 772. The van der Waals surface area contributed by atoms with Gasteiger partial charge in [0.2, 0.25) is 0 Å². The van der Waals surface area contributed by atoms with E-state index in [0.717, 1.165) is 92.5 Å². The summed E-state index contributed by atoms with van der Waals surface area (Å²) in [5, 5.41) is 0. The normalized spacial score (nSPS) is 10.8. The molecule has 4 heteroatoms. The molecular formula is C30H46O4. The number of hydrogen-bond donors (Lipinski definition) is 0. The molecule has 2 aromatic carbocycles. The van der Waals surface area contributed by atoms with E-state index in [0.29, 0.717) is 6.61 Å². The van der Waals surface area contributed by atoms with Gasteiger partial charge in [0.15, 0.2) is 0 Å². The fraction of sp³-hybridized carbons (Fsp3) is 0.600. The lowest BCUT2D eigenvalue weighted by molar-refractivity contribution is 0.291. The average Bonchev–Trinajstić information content (AvgIpc) is 2.85. The van der Waals surface area contributed by atoms with E-state index in [9.17, 15) is 0 Å². The summed E-state index contributed by atoms with van der Waals surface area (Å²) in [5.74, 6) is 3.40. The largest absolute Gasteiger partial charge is 0.493 e. The molecule has 0 N–H and O–H groups in total. The third-order valence-corrected chi connectivity index (χ3v) is 5.70. The highest BCUT2D eigenvalue weighted by Gasteiger charge is 2.13. The molecule has 0 aliphatic heterocycles. The number of hydrogen-bond acceptors (Lipinski definition) is 4. The molecule has 0 atom stereocenters. The molecular weight excluding hydrogens is 424 g/mol.